The highest BCUT2D eigenvalue weighted by Crippen LogP contribution is 2.54. The van der Waals surface area contributed by atoms with Crippen molar-refractivity contribution in [3.63, 3.8) is 0 Å². The van der Waals surface area contributed by atoms with Crippen LogP contribution in [-0.2, 0) is 5.41 Å². The number of methoxy groups -OCH3 is 1. The lowest BCUT2D eigenvalue weighted by Crippen LogP contribution is -2.59. The van der Waals surface area contributed by atoms with Gasteiger partial charge in [0.15, 0.2) is 0 Å². The average Bonchev–Trinajstić information content (AvgIpc) is 3.68. The molecule has 0 N–H and O–H groups in total. The molecule has 3 aliphatic rings. The van der Waals surface area contributed by atoms with Gasteiger partial charge in [0.2, 0.25) is 0 Å². The monoisotopic (exact) mass is 653 g/mol. The number of aromatic nitrogens is 2. The van der Waals surface area contributed by atoms with Crippen LogP contribution in [0.25, 0.3) is 55.0 Å². The summed E-state index contributed by atoms with van der Waals surface area (Å²) in [7, 11) is 1.77. The van der Waals surface area contributed by atoms with Gasteiger partial charge in [-0.25, -0.2) is 0 Å². The SMILES string of the molecule is COc1ccc2c(c1)B1c3ccccc3-n3c4cc5c(cc4c4cc6c7ccccc7n-2c6c1c43)N(c1ccccc1)c1ccccc1C5(C)C. The van der Waals surface area contributed by atoms with Gasteiger partial charge in [0, 0.05) is 44.0 Å². The van der Waals surface area contributed by atoms with Crippen molar-refractivity contribution in [2.45, 2.75) is 19.3 Å². The van der Waals surface area contributed by atoms with E-state index in [2.05, 4.69) is 167 Å². The lowest BCUT2D eigenvalue weighted by Gasteiger charge is -2.42. The van der Waals surface area contributed by atoms with Gasteiger partial charge in [0.1, 0.15) is 5.75 Å². The van der Waals surface area contributed by atoms with E-state index in [1.165, 1.54) is 99.6 Å². The smallest absolute Gasteiger partial charge is 0.252 e. The van der Waals surface area contributed by atoms with Gasteiger partial charge in [-0.05, 0) is 94.2 Å². The Kier molecular flexibility index (Phi) is 5.04. The highest BCUT2D eigenvalue weighted by molar-refractivity contribution is 7.00. The molecule has 0 saturated carbocycles. The van der Waals surface area contributed by atoms with Crippen molar-refractivity contribution in [2.24, 2.45) is 0 Å². The van der Waals surface area contributed by atoms with Crippen LogP contribution in [0.4, 0.5) is 17.1 Å². The van der Waals surface area contributed by atoms with Gasteiger partial charge >= 0.3 is 0 Å². The van der Waals surface area contributed by atoms with E-state index in [1.807, 2.05) is 0 Å². The van der Waals surface area contributed by atoms with Crippen molar-refractivity contribution in [1.82, 2.24) is 9.13 Å². The molecule has 2 aromatic heterocycles. The van der Waals surface area contributed by atoms with Gasteiger partial charge in [0.25, 0.3) is 6.71 Å². The largest absolute Gasteiger partial charge is 0.497 e. The van der Waals surface area contributed by atoms with E-state index in [0.717, 1.165) is 5.75 Å². The van der Waals surface area contributed by atoms with Gasteiger partial charge in [0.05, 0.1) is 40.6 Å². The summed E-state index contributed by atoms with van der Waals surface area (Å²) in [5, 5.41) is 5.17. The Labute approximate surface area is 295 Å². The molecule has 0 fully saturated rings. The van der Waals surface area contributed by atoms with Crippen molar-refractivity contribution in [3.8, 4) is 17.1 Å². The van der Waals surface area contributed by atoms with E-state index in [-0.39, 0.29) is 12.1 Å². The van der Waals surface area contributed by atoms with E-state index >= 15 is 0 Å². The maximum Gasteiger partial charge on any atom is 0.252 e. The molecule has 0 saturated heterocycles. The Morgan fingerprint density at radius 1 is 0.510 bits per heavy atom. The van der Waals surface area contributed by atoms with Crippen molar-refractivity contribution in [3.05, 3.63) is 151 Å². The quantitative estimate of drug-likeness (QED) is 0.174. The number of anilines is 3. The fourth-order valence-electron chi connectivity index (χ4n) is 9.99. The maximum atomic E-state index is 5.87. The second-order valence-electron chi connectivity index (χ2n) is 14.9. The summed E-state index contributed by atoms with van der Waals surface area (Å²) >= 11 is 0. The predicted molar refractivity (Wildman–Crippen MR) is 213 cm³/mol. The summed E-state index contributed by atoms with van der Waals surface area (Å²) in [4.78, 5) is 2.48. The summed E-state index contributed by atoms with van der Waals surface area (Å²) in [6, 6.07) is 51.9. The van der Waals surface area contributed by atoms with Crippen molar-refractivity contribution in [2.75, 3.05) is 12.0 Å². The number of ether oxygens (including phenoxy) is 1. The fraction of sp³-hybridized carbons (Fsp3) is 0.0870. The number of fused-ring (bicyclic) bond motifs is 14. The minimum absolute atomic E-state index is 0.0715. The Morgan fingerprint density at radius 2 is 1.20 bits per heavy atom. The van der Waals surface area contributed by atoms with Crippen LogP contribution >= 0.6 is 0 Å². The molecule has 0 unspecified atom stereocenters. The number of nitrogens with zero attached hydrogens (tertiary/aromatic N) is 3. The molecule has 5 heteroatoms. The van der Waals surface area contributed by atoms with Crippen molar-refractivity contribution in [1.29, 1.82) is 0 Å². The first-order chi connectivity index (χ1) is 25.0. The van der Waals surface area contributed by atoms with Gasteiger partial charge < -0.3 is 18.8 Å². The lowest BCUT2D eigenvalue weighted by atomic mass is 9.34. The minimum atomic E-state index is -0.208. The molecule has 7 aromatic carbocycles. The summed E-state index contributed by atoms with van der Waals surface area (Å²) < 4.78 is 11.0. The van der Waals surface area contributed by atoms with Crippen LogP contribution in [0.1, 0.15) is 25.0 Å². The zero-order valence-corrected chi connectivity index (χ0v) is 28.6. The van der Waals surface area contributed by atoms with Crippen LogP contribution in [0.3, 0.4) is 0 Å². The van der Waals surface area contributed by atoms with Gasteiger partial charge in [-0.2, -0.15) is 0 Å². The second-order valence-corrected chi connectivity index (χ2v) is 14.9. The van der Waals surface area contributed by atoms with Crippen LogP contribution in [0.5, 0.6) is 5.75 Å². The first-order valence-electron chi connectivity index (χ1n) is 17.9. The molecule has 0 aliphatic carbocycles. The van der Waals surface area contributed by atoms with E-state index in [0.29, 0.717) is 0 Å². The van der Waals surface area contributed by atoms with Gasteiger partial charge in [-0.15, -0.1) is 0 Å². The zero-order chi connectivity index (χ0) is 33.7. The first kappa shape index (κ1) is 27.6. The standard InChI is InChI=1S/C46H32BN3O/c1-46(2)33-16-8-11-19-38(33)48(27-13-5-4-6-14-27)42-25-30-32-24-31-29-15-7-10-18-37(29)49-40-22-21-28(51-3)23-36(40)47-35-17-9-12-20-39(35)50(41(30)26-34(42)46)45(32)43(47)44(31)49/h4-26H,1-3H3. The molecule has 51 heavy (non-hydrogen) atoms. The average molecular weight is 654 g/mol. The highest BCUT2D eigenvalue weighted by Gasteiger charge is 2.43. The fourth-order valence-corrected chi connectivity index (χ4v) is 9.99. The van der Waals surface area contributed by atoms with Crippen molar-refractivity contribution >= 4 is 83.8 Å². The van der Waals surface area contributed by atoms with Crippen LogP contribution in [-0.4, -0.2) is 23.0 Å². The Hall–Kier alpha value is -6.20. The van der Waals surface area contributed by atoms with Crippen LogP contribution < -0.4 is 26.0 Å². The Balaban J connectivity index is 1.30. The highest BCUT2D eigenvalue weighted by atomic mass is 16.5. The normalized spacial score (nSPS) is 14.6. The third-order valence-electron chi connectivity index (χ3n) is 12.1. The maximum absolute atomic E-state index is 5.87. The van der Waals surface area contributed by atoms with Crippen molar-refractivity contribution < 1.29 is 4.74 Å². The molecule has 0 atom stereocenters. The number of rotatable bonds is 2. The van der Waals surface area contributed by atoms with E-state index < -0.39 is 0 Å². The van der Waals surface area contributed by atoms with Crippen LogP contribution in [0.15, 0.2) is 140 Å². The van der Waals surface area contributed by atoms with Crippen LogP contribution in [0.2, 0.25) is 0 Å². The number of para-hydroxylation sites is 4. The summed E-state index contributed by atoms with van der Waals surface area (Å²) in [5.74, 6) is 0.885. The second kappa shape index (κ2) is 9.32. The number of hydrogen-bond donors (Lipinski definition) is 0. The Morgan fingerprint density at radius 3 is 2.04 bits per heavy atom. The topological polar surface area (TPSA) is 22.3 Å². The minimum Gasteiger partial charge on any atom is -0.497 e. The lowest BCUT2D eigenvalue weighted by molar-refractivity contribution is 0.415. The van der Waals surface area contributed by atoms with E-state index in [9.17, 15) is 0 Å². The molecule has 0 spiro atoms. The molecule has 0 bridgehead atoms. The third-order valence-corrected chi connectivity index (χ3v) is 12.1. The zero-order valence-electron chi connectivity index (χ0n) is 28.6. The number of hydrogen-bond acceptors (Lipinski definition) is 2. The molecule has 240 valence electrons. The number of benzene rings is 7. The molecule has 3 aliphatic heterocycles. The molecule has 5 heterocycles. The molecular formula is C46H32BN3O. The summed E-state index contributed by atoms with van der Waals surface area (Å²) in [6.07, 6.45) is 0. The molecule has 0 amide bonds. The van der Waals surface area contributed by atoms with Gasteiger partial charge in [-0.1, -0.05) is 86.6 Å². The first-order valence-corrected chi connectivity index (χ1v) is 17.9. The van der Waals surface area contributed by atoms with Gasteiger partial charge in [-0.3, -0.25) is 0 Å². The predicted octanol–water partition coefficient (Wildman–Crippen LogP) is 9.14. The summed E-state index contributed by atoms with van der Waals surface area (Å²) in [6.45, 7) is 4.85. The molecule has 0 radical (unpaired) electrons. The van der Waals surface area contributed by atoms with Crippen LogP contribution in [0, 0.1) is 0 Å². The molecular weight excluding hydrogens is 621 g/mol. The molecule has 4 nitrogen and oxygen atoms in total. The van der Waals surface area contributed by atoms with E-state index in [1.54, 1.807) is 7.11 Å². The van der Waals surface area contributed by atoms with E-state index in [4.69, 9.17) is 4.74 Å². The third kappa shape index (κ3) is 3.24. The Bertz CT molecular complexity index is 3010. The molecule has 9 aromatic rings. The summed E-state index contributed by atoms with van der Waals surface area (Å²) in [5.41, 5.74) is 17.7. The molecule has 12 rings (SSSR count).